The van der Waals surface area contributed by atoms with E-state index in [1.165, 1.54) is 6.07 Å². The zero-order valence-electron chi connectivity index (χ0n) is 13.1. The third kappa shape index (κ3) is 3.78. The summed E-state index contributed by atoms with van der Waals surface area (Å²) in [6.45, 7) is 6.83. The van der Waals surface area contributed by atoms with Crippen LogP contribution in [0.5, 0.6) is 0 Å². The second-order valence-corrected chi connectivity index (χ2v) is 6.81. The Morgan fingerprint density at radius 2 is 1.95 bits per heavy atom. The SMILES string of the molecule is CC(C)(C)C(=O)N1CCCC(c2ccc(C(F)(F)F)cn2)C1. The molecule has 0 N–H and O–H groups in total. The molecule has 1 aliphatic rings. The van der Waals surface area contributed by atoms with Gasteiger partial charge in [-0.2, -0.15) is 13.2 Å². The van der Waals surface area contributed by atoms with Gasteiger partial charge in [0.25, 0.3) is 0 Å². The molecular formula is C16H21F3N2O. The van der Waals surface area contributed by atoms with E-state index in [9.17, 15) is 18.0 Å². The van der Waals surface area contributed by atoms with E-state index >= 15 is 0 Å². The van der Waals surface area contributed by atoms with Gasteiger partial charge >= 0.3 is 6.18 Å². The molecule has 1 fully saturated rings. The van der Waals surface area contributed by atoms with Crippen LogP contribution in [-0.4, -0.2) is 28.9 Å². The van der Waals surface area contributed by atoms with E-state index in [1.54, 1.807) is 4.90 Å². The molecule has 22 heavy (non-hydrogen) atoms. The van der Waals surface area contributed by atoms with Crippen molar-refractivity contribution in [1.29, 1.82) is 0 Å². The molecule has 2 rings (SSSR count). The number of carbonyl (C=O) groups is 1. The Hall–Kier alpha value is -1.59. The molecule has 0 spiro atoms. The number of amides is 1. The lowest BCUT2D eigenvalue weighted by molar-refractivity contribution is -0.140. The lowest BCUT2D eigenvalue weighted by Crippen LogP contribution is -2.44. The van der Waals surface area contributed by atoms with Gasteiger partial charge in [0, 0.05) is 36.3 Å². The topological polar surface area (TPSA) is 33.2 Å². The first-order valence-corrected chi connectivity index (χ1v) is 7.41. The monoisotopic (exact) mass is 314 g/mol. The second kappa shape index (κ2) is 5.89. The summed E-state index contributed by atoms with van der Waals surface area (Å²) in [4.78, 5) is 18.1. The van der Waals surface area contributed by atoms with Gasteiger partial charge in [0.2, 0.25) is 5.91 Å². The van der Waals surface area contributed by atoms with E-state index in [0.717, 1.165) is 25.1 Å². The number of aromatic nitrogens is 1. The predicted octanol–water partition coefficient (Wildman–Crippen LogP) is 3.85. The first kappa shape index (κ1) is 16.8. The first-order valence-electron chi connectivity index (χ1n) is 7.41. The normalized spacial score (nSPS) is 20.1. The van der Waals surface area contributed by atoms with Crippen LogP contribution in [0.15, 0.2) is 18.3 Å². The number of nitrogens with zero attached hydrogens (tertiary/aromatic N) is 2. The minimum Gasteiger partial charge on any atom is -0.342 e. The molecule has 1 aromatic heterocycles. The molecule has 0 bridgehead atoms. The quantitative estimate of drug-likeness (QED) is 0.789. The summed E-state index contributed by atoms with van der Waals surface area (Å²) in [5.74, 6) is 0.0754. The van der Waals surface area contributed by atoms with Crippen LogP contribution in [0, 0.1) is 5.41 Å². The van der Waals surface area contributed by atoms with Crippen LogP contribution in [0.4, 0.5) is 13.2 Å². The maximum absolute atomic E-state index is 12.6. The Morgan fingerprint density at radius 1 is 1.27 bits per heavy atom. The van der Waals surface area contributed by atoms with Crippen molar-refractivity contribution >= 4 is 5.91 Å². The van der Waals surface area contributed by atoms with Crippen molar-refractivity contribution in [1.82, 2.24) is 9.88 Å². The highest BCUT2D eigenvalue weighted by molar-refractivity contribution is 5.81. The number of carbonyl (C=O) groups excluding carboxylic acids is 1. The number of likely N-dealkylation sites (tertiary alicyclic amines) is 1. The van der Waals surface area contributed by atoms with Crippen molar-refractivity contribution in [2.45, 2.75) is 45.7 Å². The molecule has 0 saturated carbocycles. The van der Waals surface area contributed by atoms with Crippen LogP contribution in [0.3, 0.4) is 0 Å². The average molecular weight is 314 g/mol. The first-order chi connectivity index (χ1) is 10.1. The number of hydrogen-bond donors (Lipinski definition) is 0. The van der Waals surface area contributed by atoms with Gasteiger partial charge in [-0.25, -0.2) is 0 Å². The molecule has 1 amide bonds. The van der Waals surface area contributed by atoms with Gasteiger partial charge in [-0.15, -0.1) is 0 Å². The van der Waals surface area contributed by atoms with Gasteiger partial charge in [0.05, 0.1) is 5.56 Å². The lowest BCUT2D eigenvalue weighted by Gasteiger charge is -2.36. The Bertz CT molecular complexity index is 532. The van der Waals surface area contributed by atoms with Crippen LogP contribution in [0.1, 0.15) is 50.8 Å². The summed E-state index contributed by atoms with van der Waals surface area (Å²) in [5.41, 5.74) is -0.566. The number of piperidine rings is 1. The fourth-order valence-electron chi connectivity index (χ4n) is 2.69. The summed E-state index contributed by atoms with van der Waals surface area (Å²) in [6, 6.07) is 2.49. The van der Waals surface area contributed by atoms with E-state index in [0.29, 0.717) is 18.8 Å². The Labute approximate surface area is 128 Å². The molecule has 6 heteroatoms. The summed E-state index contributed by atoms with van der Waals surface area (Å²) >= 11 is 0. The minimum absolute atomic E-state index is 0.00216. The average Bonchev–Trinajstić information content (AvgIpc) is 2.45. The number of rotatable bonds is 1. The van der Waals surface area contributed by atoms with Gasteiger partial charge in [0.15, 0.2) is 0 Å². The van der Waals surface area contributed by atoms with Crippen molar-refractivity contribution in [2.24, 2.45) is 5.41 Å². The Morgan fingerprint density at radius 3 is 2.45 bits per heavy atom. The molecule has 1 unspecified atom stereocenters. The highest BCUT2D eigenvalue weighted by Gasteiger charge is 2.33. The summed E-state index contributed by atoms with van der Waals surface area (Å²) in [6.07, 6.45) is -1.81. The van der Waals surface area contributed by atoms with Crippen LogP contribution in [-0.2, 0) is 11.0 Å². The zero-order chi connectivity index (χ0) is 16.5. The van der Waals surface area contributed by atoms with Gasteiger partial charge < -0.3 is 4.90 Å². The van der Waals surface area contributed by atoms with Gasteiger partial charge in [-0.1, -0.05) is 20.8 Å². The van der Waals surface area contributed by atoms with E-state index in [4.69, 9.17) is 0 Å². The van der Waals surface area contributed by atoms with Gasteiger partial charge in [-0.05, 0) is 25.0 Å². The highest BCUT2D eigenvalue weighted by Crippen LogP contribution is 2.32. The number of alkyl halides is 3. The molecule has 0 aromatic carbocycles. The zero-order valence-corrected chi connectivity index (χ0v) is 13.1. The van der Waals surface area contributed by atoms with Crippen molar-refractivity contribution in [3.63, 3.8) is 0 Å². The highest BCUT2D eigenvalue weighted by atomic mass is 19.4. The Kier molecular flexibility index (Phi) is 4.49. The van der Waals surface area contributed by atoms with Crippen molar-refractivity contribution in [2.75, 3.05) is 13.1 Å². The smallest absolute Gasteiger partial charge is 0.342 e. The molecule has 1 aliphatic heterocycles. The molecular weight excluding hydrogens is 293 g/mol. The van der Waals surface area contributed by atoms with Crippen molar-refractivity contribution in [3.8, 4) is 0 Å². The largest absolute Gasteiger partial charge is 0.417 e. The van der Waals surface area contributed by atoms with Crippen LogP contribution >= 0.6 is 0 Å². The van der Waals surface area contributed by atoms with E-state index in [1.807, 2.05) is 20.8 Å². The third-order valence-corrected chi connectivity index (χ3v) is 3.88. The number of halogens is 3. The lowest BCUT2D eigenvalue weighted by atomic mass is 9.89. The summed E-state index contributed by atoms with van der Waals surface area (Å²) in [7, 11) is 0. The molecule has 1 saturated heterocycles. The molecule has 2 heterocycles. The molecule has 122 valence electrons. The molecule has 3 nitrogen and oxygen atoms in total. The van der Waals surface area contributed by atoms with Crippen molar-refractivity contribution < 1.29 is 18.0 Å². The number of pyridine rings is 1. The fraction of sp³-hybridized carbons (Fsp3) is 0.625. The molecule has 1 atom stereocenters. The van der Waals surface area contributed by atoms with Gasteiger partial charge in [0.1, 0.15) is 0 Å². The maximum Gasteiger partial charge on any atom is 0.417 e. The molecule has 0 aliphatic carbocycles. The van der Waals surface area contributed by atoms with Crippen molar-refractivity contribution in [3.05, 3.63) is 29.6 Å². The van der Waals surface area contributed by atoms with E-state index < -0.39 is 17.2 Å². The summed E-state index contributed by atoms with van der Waals surface area (Å²) in [5, 5.41) is 0. The van der Waals surface area contributed by atoms with Crippen LogP contribution < -0.4 is 0 Å². The van der Waals surface area contributed by atoms with E-state index in [2.05, 4.69) is 4.98 Å². The Balaban J connectivity index is 2.11. The van der Waals surface area contributed by atoms with E-state index in [-0.39, 0.29) is 11.8 Å². The predicted molar refractivity (Wildman–Crippen MR) is 77.2 cm³/mol. The third-order valence-electron chi connectivity index (χ3n) is 3.88. The van der Waals surface area contributed by atoms with Crippen LogP contribution in [0.25, 0.3) is 0 Å². The van der Waals surface area contributed by atoms with Gasteiger partial charge in [-0.3, -0.25) is 9.78 Å². The summed E-state index contributed by atoms with van der Waals surface area (Å²) < 4.78 is 37.7. The van der Waals surface area contributed by atoms with Crippen LogP contribution in [0.2, 0.25) is 0 Å². The maximum atomic E-state index is 12.6. The molecule has 0 radical (unpaired) electrons. The minimum atomic E-state index is -4.37. The second-order valence-electron chi connectivity index (χ2n) is 6.81. The number of hydrogen-bond acceptors (Lipinski definition) is 2. The molecule has 1 aromatic rings. The fourth-order valence-corrected chi connectivity index (χ4v) is 2.69. The standard InChI is InChI=1S/C16H21F3N2O/c1-15(2,3)14(22)21-8-4-5-11(10-21)13-7-6-12(9-20-13)16(17,18)19/h6-7,9,11H,4-5,8,10H2,1-3H3.